The van der Waals surface area contributed by atoms with Gasteiger partial charge in [0.15, 0.2) is 0 Å². The predicted octanol–water partition coefficient (Wildman–Crippen LogP) is 4.77. The summed E-state index contributed by atoms with van der Waals surface area (Å²) in [4.78, 5) is 19.6. The van der Waals surface area contributed by atoms with Crippen LogP contribution in [0, 0.1) is 6.92 Å². The van der Waals surface area contributed by atoms with Gasteiger partial charge in [0.05, 0.1) is 23.4 Å². The lowest BCUT2D eigenvalue weighted by Crippen LogP contribution is -2.30. The van der Waals surface area contributed by atoms with Crippen molar-refractivity contribution < 1.29 is 9.21 Å². The number of amides is 1. The molecule has 1 amide bonds. The zero-order valence-electron chi connectivity index (χ0n) is 13.3. The molecule has 2 aromatic heterocycles. The van der Waals surface area contributed by atoms with Gasteiger partial charge in [-0.3, -0.25) is 9.78 Å². The van der Waals surface area contributed by atoms with Crippen LogP contribution in [-0.4, -0.2) is 22.3 Å². The highest BCUT2D eigenvalue weighted by Gasteiger charge is 2.33. The smallest absolute Gasteiger partial charge is 0.255 e. The van der Waals surface area contributed by atoms with E-state index in [1.54, 1.807) is 18.4 Å². The van der Waals surface area contributed by atoms with Gasteiger partial charge in [0.25, 0.3) is 5.91 Å². The van der Waals surface area contributed by atoms with Crippen molar-refractivity contribution in [1.82, 2.24) is 9.88 Å². The van der Waals surface area contributed by atoms with Gasteiger partial charge in [0.1, 0.15) is 5.76 Å². The summed E-state index contributed by atoms with van der Waals surface area (Å²) in [5.74, 6) is 0.866. The number of hydrogen-bond donors (Lipinski definition) is 0. The summed E-state index contributed by atoms with van der Waals surface area (Å²) in [6.07, 6.45) is 3.56. The van der Waals surface area contributed by atoms with E-state index in [1.807, 2.05) is 36.1 Å². The van der Waals surface area contributed by atoms with E-state index in [9.17, 15) is 4.79 Å². The third kappa shape index (κ3) is 2.57. The predicted molar refractivity (Wildman–Crippen MR) is 93.2 cm³/mol. The molecule has 1 fully saturated rings. The standard InChI is InChI=1S/C19H17ClN2O2/c1-12-10-15(14-7-6-13(20)11-16(14)21-12)19(23)22-8-2-4-17(22)18-5-3-9-24-18/h3,5-7,9-11,17H,2,4,8H2,1H3/t17-/m1/s1. The molecule has 0 aliphatic carbocycles. The van der Waals surface area contributed by atoms with E-state index in [0.29, 0.717) is 10.6 Å². The summed E-state index contributed by atoms with van der Waals surface area (Å²) >= 11 is 6.07. The number of likely N-dealkylation sites (tertiary alicyclic amines) is 1. The van der Waals surface area contributed by atoms with Gasteiger partial charge in [-0.1, -0.05) is 17.7 Å². The summed E-state index contributed by atoms with van der Waals surface area (Å²) in [5, 5.41) is 1.45. The summed E-state index contributed by atoms with van der Waals surface area (Å²) < 4.78 is 5.54. The van der Waals surface area contributed by atoms with Crippen LogP contribution >= 0.6 is 11.6 Å². The molecule has 122 valence electrons. The largest absolute Gasteiger partial charge is 0.467 e. The molecule has 4 rings (SSSR count). The molecular weight excluding hydrogens is 324 g/mol. The van der Waals surface area contributed by atoms with Gasteiger partial charge >= 0.3 is 0 Å². The molecule has 3 aromatic rings. The molecule has 1 aromatic carbocycles. The Kier molecular flexibility index (Phi) is 3.77. The number of aryl methyl sites for hydroxylation is 1. The van der Waals surface area contributed by atoms with Crippen LogP contribution in [0.1, 0.15) is 40.7 Å². The first-order chi connectivity index (χ1) is 11.6. The Hall–Kier alpha value is -2.33. The molecule has 1 aliphatic heterocycles. The summed E-state index contributed by atoms with van der Waals surface area (Å²) in [6, 6.07) is 11.1. The number of aromatic nitrogens is 1. The Labute approximate surface area is 145 Å². The molecule has 5 heteroatoms. The number of halogens is 1. The fourth-order valence-corrected chi connectivity index (χ4v) is 3.62. The average Bonchev–Trinajstić information content (AvgIpc) is 3.23. The Morgan fingerprint density at radius 2 is 2.21 bits per heavy atom. The number of rotatable bonds is 2. The number of furan rings is 1. The number of fused-ring (bicyclic) bond motifs is 1. The lowest BCUT2D eigenvalue weighted by Gasteiger charge is -2.24. The zero-order chi connectivity index (χ0) is 16.7. The molecular formula is C19H17ClN2O2. The first kappa shape index (κ1) is 15.2. The molecule has 1 atom stereocenters. The summed E-state index contributed by atoms with van der Waals surface area (Å²) in [6.45, 7) is 2.63. The van der Waals surface area contributed by atoms with Crippen molar-refractivity contribution in [2.24, 2.45) is 0 Å². The number of carbonyl (C=O) groups is 1. The second-order valence-corrected chi connectivity index (χ2v) is 6.58. The van der Waals surface area contributed by atoms with Crippen molar-refractivity contribution in [1.29, 1.82) is 0 Å². The zero-order valence-corrected chi connectivity index (χ0v) is 14.1. The highest BCUT2D eigenvalue weighted by Crippen LogP contribution is 2.34. The molecule has 24 heavy (non-hydrogen) atoms. The van der Waals surface area contributed by atoms with Gasteiger partial charge in [-0.25, -0.2) is 0 Å². The second kappa shape index (κ2) is 5.95. The maximum Gasteiger partial charge on any atom is 0.255 e. The third-order valence-electron chi connectivity index (χ3n) is 4.52. The lowest BCUT2D eigenvalue weighted by molar-refractivity contribution is 0.0722. The van der Waals surface area contributed by atoms with Gasteiger partial charge in [0.2, 0.25) is 0 Å². The van der Waals surface area contributed by atoms with Crippen LogP contribution in [0.15, 0.2) is 47.1 Å². The molecule has 0 saturated carbocycles. The third-order valence-corrected chi connectivity index (χ3v) is 4.75. The SMILES string of the molecule is Cc1cc(C(=O)N2CCC[C@@H]2c2ccco2)c2ccc(Cl)cc2n1. The molecule has 0 spiro atoms. The van der Waals surface area contributed by atoms with Gasteiger partial charge < -0.3 is 9.32 Å². The quantitative estimate of drug-likeness (QED) is 0.675. The van der Waals surface area contributed by atoms with Gasteiger partial charge in [-0.2, -0.15) is 0 Å². The molecule has 0 unspecified atom stereocenters. The van der Waals surface area contributed by atoms with Crippen LogP contribution in [0.4, 0.5) is 0 Å². The summed E-state index contributed by atoms with van der Waals surface area (Å²) in [7, 11) is 0. The van der Waals surface area contributed by atoms with E-state index in [0.717, 1.165) is 41.7 Å². The van der Waals surface area contributed by atoms with E-state index in [2.05, 4.69) is 4.98 Å². The number of pyridine rings is 1. The van der Waals surface area contributed by atoms with Crippen LogP contribution in [0.3, 0.4) is 0 Å². The van der Waals surface area contributed by atoms with E-state index in [4.69, 9.17) is 16.0 Å². The number of benzene rings is 1. The van der Waals surface area contributed by atoms with Crippen molar-refractivity contribution in [3.8, 4) is 0 Å². The Bertz CT molecular complexity index is 900. The van der Waals surface area contributed by atoms with Crippen LogP contribution in [-0.2, 0) is 0 Å². The van der Waals surface area contributed by atoms with Crippen molar-refractivity contribution in [3.63, 3.8) is 0 Å². The topological polar surface area (TPSA) is 46.3 Å². The van der Waals surface area contributed by atoms with Crippen molar-refractivity contribution >= 4 is 28.4 Å². The van der Waals surface area contributed by atoms with Crippen LogP contribution in [0.5, 0.6) is 0 Å². The summed E-state index contributed by atoms with van der Waals surface area (Å²) in [5.41, 5.74) is 2.23. The van der Waals surface area contributed by atoms with Gasteiger partial charge in [-0.15, -0.1) is 0 Å². The number of nitrogens with zero attached hydrogens (tertiary/aromatic N) is 2. The van der Waals surface area contributed by atoms with Crippen molar-refractivity contribution in [2.45, 2.75) is 25.8 Å². The van der Waals surface area contributed by atoms with Gasteiger partial charge in [-0.05, 0) is 50.1 Å². The Balaban J connectivity index is 1.78. The van der Waals surface area contributed by atoms with E-state index in [-0.39, 0.29) is 11.9 Å². The van der Waals surface area contributed by atoms with Crippen molar-refractivity contribution in [3.05, 3.63) is 64.7 Å². The maximum atomic E-state index is 13.2. The first-order valence-electron chi connectivity index (χ1n) is 8.05. The molecule has 0 bridgehead atoms. The molecule has 1 aliphatic rings. The van der Waals surface area contributed by atoms with Crippen LogP contribution < -0.4 is 0 Å². The molecule has 3 heterocycles. The van der Waals surface area contributed by atoms with Crippen LogP contribution in [0.2, 0.25) is 5.02 Å². The fraction of sp³-hybridized carbons (Fsp3) is 0.263. The Morgan fingerprint density at radius 1 is 1.33 bits per heavy atom. The van der Waals surface area contributed by atoms with Gasteiger partial charge in [0, 0.05) is 22.6 Å². The highest BCUT2D eigenvalue weighted by molar-refractivity contribution is 6.31. The van der Waals surface area contributed by atoms with E-state index < -0.39 is 0 Å². The Morgan fingerprint density at radius 3 is 3.00 bits per heavy atom. The normalized spacial score (nSPS) is 17.6. The number of carbonyl (C=O) groups excluding carboxylic acids is 1. The monoisotopic (exact) mass is 340 g/mol. The minimum absolute atomic E-state index is 0.00308. The molecule has 0 radical (unpaired) electrons. The van der Waals surface area contributed by atoms with Crippen molar-refractivity contribution in [2.75, 3.05) is 6.54 Å². The minimum atomic E-state index is 0.00308. The number of hydrogen-bond acceptors (Lipinski definition) is 3. The lowest BCUT2D eigenvalue weighted by atomic mass is 10.1. The van der Waals surface area contributed by atoms with E-state index >= 15 is 0 Å². The minimum Gasteiger partial charge on any atom is -0.467 e. The maximum absolute atomic E-state index is 13.2. The molecule has 4 nitrogen and oxygen atoms in total. The average molecular weight is 341 g/mol. The molecule has 1 saturated heterocycles. The molecule has 0 N–H and O–H groups in total. The highest BCUT2D eigenvalue weighted by atomic mass is 35.5. The van der Waals surface area contributed by atoms with E-state index in [1.165, 1.54) is 0 Å². The first-order valence-corrected chi connectivity index (χ1v) is 8.42. The fourth-order valence-electron chi connectivity index (χ4n) is 3.45. The van der Waals surface area contributed by atoms with Crippen LogP contribution in [0.25, 0.3) is 10.9 Å². The second-order valence-electron chi connectivity index (χ2n) is 6.14.